The smallest absolute Gasteiger partial charge is 0.267 e. The molecule has 1 heterocycles. The van der Waals surface area contributed by atoms with Gasteiger partial charge in [0.2, 0.25) is 0 Å². The number of benzene rings is 1. The molecule has 0 saturated carbocycles. The van der Waals surface area contributed by atoms with Crippen molar-refractivity contribution in [1.82, 2.24) is 10.2 Å². The van der Waals surface area contributed by atoms with Gasteiger partial charge in [-0.2, -0.15) is 5.10 Å². The zero-order valence-electron chi connectivity index (χ0n) is 9.45. The molecule has 1 aromatic carbocycles. The van der Waals surface area contributed by atoms with Crippen LogP contribution in [0.3, 0.4) is 0 Å². The second kappa shape index (κ2) is 4.31. The topological polar surface area (TPSA) is 45.8 Å². The second-order valence-corrected chi connectivity index (χ2v) is 3.71. The van der Waals surface area contributed by atoms with Gasteiger partial charge in [-0.15, -0.1) is 0 Å². The van der Waals surface area contributed by atoms with Crippen LogP contribution in [0, 0.1) is 6.92 Å². The molecule has 0 radical (unpaired) electrons. The van der Waals surface area contributed by atoms with E-state index in [2.05, 4.69) is 10.2 Å². The molecule has 2 rings (SSSR count). The molecule has 2 aromatic rings. The van der Waals surface area contributed by atoms with Gasteiger partial charge in [-0.1, -0.05) is 37.3 Å². The van der Waals surface area contributed by atoms with Crippen molar-refractivity contribution in [1.29, 1.82) is 0 Å². The molecule has 0 aliphatic carbocycles. The lowest BCUT2D eigenvalue weighted by Crippen LogP contribution is -2.16. The molecular formula is C13H14N2O. The van der Waals surface area contributed by atoms with Crippen LogP contribution in [-0.4, -0.2) is 10.2 Å². The Kier molecular flexibility index (Phi) is 2.86. The van der Waals surface area contributed by atoms with E-state index in [-0.39, 0.29) is 5.56 Å². The number of hydrogen-bond donors (Lipinski definition) is 1. The molecule has 0 aliphatic rings. The van der Waals surface area contributed by atoms with Crippen molar-refractivity contribution in [3.05, 3.63) is 51.9 Å². The molecular weight excluding hydrogens is 200 g/mol. The minimum atomic E-state index is -0.0908. The van der Waals surface area contributed by atoms with Crippen LogP contribution in [-0.2, 0) is 6.42 Å². The number of nitrogens with one attached hydrogen (secondary N) is 1. The van der Waals surface area contributed by atoms with Crippen LogP contribution in [0.25, 0.3) is 11.1 Å². The Bertz CT molecular complexity index is 544. The molecule has 0 bridgehead atoms. The molecule has 16 heavy (non-hydrogen) atoms. The summed E-state index contributed by atoms with van der Waals surface area (Å²) in [7, 11) is 0. The molecule has 0 amide bonds. The third-order valence-electron chi connectivity index (χ3n) is 2.68. The number of rotatable bonds is 2. The zero-order valence-corrected chi connectivity index (χ0v) is 9.45. The normalized spacial score (nSPS) is 10.4. The van der Waals surface area contributed by atoms with Gasteiger partial charge >= 0.3 is 0 Å². The number of aromatic nitrogens is 2. The van der Waals surface area contributed by atoms with Gasteiger partial charge in [-0.05, 0) is 18.9 Å². The Balaban J connectivity index is 2.73. The van der Waals surface area contributed by atoms with Crippen molar-refractivity contribution < 1.29 is 0 Å². The average Bonchev–Trinajstić information content (AvgIpc) is 2.33. The SMILES string of the molecule is CCc1c(-c2ccccc2)c(C)n[nH]c1=O. The van der Waals surface area contributed by atoms with E-state index in [0.29, 0.717) is 6.42 Å². The van der Waals surface area contributed by atoms with E-state index in [4.69, 9.17) is 0 Å². The van der Waals surface area contributed by atoms with Crippen molar-refractivity contribution in [2.24, 2.45) is 0 Å². The summed E-state index contributed by atoms with van der Waals surface area (Å²) in [5, 5.41) is 6.55. The molecule has 82 valence electrons. The molecule has 3 heteroatoms. The van der Waals surface area contributed by atoms with Gasteiger partial charge < -0.3 is 0 Å². The fourth-order valence-electron chi connectivity index (χ4n) is 1.92. The summed E-state index contributed by atoms with van der Waals surface area (Å²) in [5.74, 6) is 0. The zero-order chi connectivity index (χ0) is 11.5. The van der Waals surface area contributed by atoms with E-state index in [1.54, 1.807) is 0 Å². The molecule has 1 aromatic heterocycles. The Morgan fingerprint density at radius 1 is 1.25 bits per heavy atom. The predicted molar refractivity (Wildman–Crippen MR) is 64.4 cm³/mol. The molecule has 3 nitrogen and oxygen atoms in total. The van der Waals surface area contributed by atoms with Crippen LogP contribution >= 0.6 is 0 Å². The van der Waals surface area contributed by atoms with Crippen molar-refractivity contribution in [2.75, 3.05) is 0 Å². The minimum Gasteiger partial charge on any atom is -0.268 e. The molecule has 0 unspecified atom stereocenters. The van der Waals surface area contributed by atoms with E-state index in [1.807, 2.05) is 44.2 Å². The average molecular weight is 214 g/mol. The largest absolute Gasteiger partial charge is 0.268 e. The van der Waals surface area contributed by atoms with Gasteiger partial charge in [0.15, 0.2) is 0 Å². The third-order valence-corrected chi connectivity index (χ3v) is 2.68. The van der Waals surface area contributed by atoms with Gasteiger partial charge in [-0.25, -0.2) is 5.10 Å². The Hall–Kier alpha value is -1.90. The predicted octanol–water partition coefficient (Wildman–Crippen LogP) is 2.31. The number of H-pyrrole nitrogens is 1. The first kappa shape index (κ1) is 10.6. The van der Waals surface area contributed by atoms with Crippen LogP contribution in [0.1, 0.15) is 18.2 Å². The molecule has 0 aliphatic heterocycles. The highest BCUT2D eigenvalue weighted by molar-refractivity contribution is 5.68. The third kappa shape index (κ3) is 1.76. The lowest BCUT2D eigenvalue weighted by atomic mass is 9.98. The fourth-order valence-corrected chi connectivity index (χ4v) is 1.92. The lowest BCUT2D eigenvalue weighted by Gasteiger charge is -2.09. The highest BCUT2D eigenvalue weighted by atomic mass is 16.1. The summed E-state index contributed by atoms with van der Waals surface area (Å²) < 4.78 is 0. The van der Waals surface area contributed by atoms with Crippen LogP contribution in [0.4, 0.5) is 0 Å². The van der Waals surface area contributed by atoms with Crippen LogP contribution in [0.15, 0.2) is 35.1 Å². The van der Waals surface area contributed by atoms with Gasteiger partial charge in [0.1, 0.15) is 0 Å². The summed E-state index contributed by atoms with van der Waals surface area (Å²) in [6.45, 7) is 3.90. The Morgan fingerprint density at radius 3 is 2.56 bits per heavy atom. The summed E-state index contributed by atoms with van der Waals surface area (Å²) in [6.07, 6.45) is 0.711. The summed E-state index contributed by atoms with van der Waals surface area (Å²) >= 11 is 0. The monoisotopic (exact) mass is 214 g/mol. The maximum Gasteiger partial charge on any atom is 0.267 e. The minimum absolute atomic E-state index is 0.0908. The number of hydrogen-bond acceptors (Lipinski definition) is 2. The van der Waals surface area contributed by atoms with Crippen molar-refractivity contribution >= 4 is 0 Å². The first-order valence-corrected chi connectivity index (χ1v) is 5.37. The molecule has 0 spiro atoms. The van der Waals surface area contributed by atoms with Gasteiger partial charge in [0.25, 0.3) is 5.56 Å². The van der Waals surface area contributed by atoms with Gasteiger partial charge in [-0.3, -0.25) is 4.79 Å². The van der Waals surface area contributed by atoms with E-state index in [0.717, 1.165) is 22.4 Å². The number of aromatic amines is 1. The number of nitrogens with zero attached hydrogens (tertiary/aromatic N) is 1. The van der Waals surface area contributed by atoms with Crippen molar-refractivity contribution in [3.63, 3.8) is 0 Å². The highest BCUT2D eigenvalue weighted by Gasteiger charge is 2.11. The van der Waals surface area contributed by atoms with Crippen LogP contribution in [0.2, 0.25) is 0 Å². The lowest BCUT2D eigenvalue weighted by molar-refractivity contribution is 0.909. The highest BCUT2D eigenvalue weighted by Crippen LogP contribution is 2.23. The summed E-state index contributed by atoms with van der Waals surface area (Å²) in [4.78, 5) is 11.7. The van der Waals surface area contributed by atoms with Crippen LogP contribution < -0.4 is 5.56 Å². The Labute approximate surface area is 94.2 Å². The molecule has 0 atom stereocenters. The standard InChI is InChI=1S/C13H14N2O/c1-3-11-12(9(2)14-15-13(11)16)10-7-5-4-6-8-10/h4-8H,3H2,1-2H3,(H,15,16). The quantitative estimate of drug-likeness (QED) is 0.833. The number of aryl methyl sites for hydroxylation is 1. The van der Waals surface area contributed by atoms with Crippen LogP contribution in [0.5, 0.6) is 0 Å². The van der Waals surface area contributed by atoms with Gasteiger partial charge in [0.05, 0.1) is 5.69 Å². The Morgan fingerprint density at radius 2 is 1.94 bits per heavy atom. The van der Waals surface area contributed by atoms with E-state index in [1.165, 1.54) is 0 Å². The first-order chi connectivity index (χ1) is 7.74. The van der Waals surface area contributed by atoms with Crippen molar-refractivity contribution in [2.45, 2.75) is 20.3 Å². The molecule has 0 fully saturated rings. The van der Waals surface area contributed by atoms with E-state index in [9.17, 15) is 4.79 Å². The molecule has 0 saturated heterocycles. The van der Waals surface area contributed by atoms with E-state index >= 15 is 0 Å². The van der Waals surface area contributed by atoms with Gasteiger partial charge in [0, 0.05) is 11.1 Å². The molecule has 1 N–H and O–H groups in total. The summed E-state index contributed by atoms with van der Waals surface area (Å²) in [5.41, 5.74) is 3.59. The second-order valence-electron chi connectivity index (χ2n) is 3.71. The van der Waals surface area contributed by atoms with E-state index < -0.39 is 0 Å². The maximum atomic E-state index is 11.7. The van der Waals surface area contributed by atoms with Crippen molar-refractivity contribution in [3.8, 4) is 11.1 Å². The summed E-state index contributed by atoms with van der Waals surface area (Å²) in [6, 6.07) is 9.90. The maximum absolute atomic E-state index is 11.7. The fraction of sp³-hybridized carbons (Fsp3) is 0.231. The first-order valence-electron chi connectivity index (χ1n) is 5.37.